The lowest BCUT2D eigenvalue weighted by atomic mass is 10.1. The summed E-state index contributed by atoms with van der Waals surface area (Å²) in [5.41, 5.74) is 33.0. The molecule has 0 spiro atoms. The second-order valence-corrected chi connectivity index (χ2v) is 31.2. The zero-order valence-electron chi connectivity index (χ0n) is 66.9. The van der Waals surface area contributed by atoms with E-state index in [4.69, 9.17) is 17.7 Å². The number of hydrogen-bond donors (Lipinski definition) is 0. The average Bonchev–Trinajstić information content (AvgIpc) is 1.59. The van der Waals surface area contributed by atoms with Crippen LogP contribution in [-0.2, 0) is 0 Å². The first-order chi connectivity index (χ1) is 55.4. The Labute approximate surface area is 664 Å². The summed E-state index contributed by atoms with van der Waals surface area (Å²) in [4.78, 5) is 23.7. The summed E-state index contributed by atoms with van der Waals surface area (Å²) in [6, 6.07) is 94.0. The Morgan fingerprint density at radius 3 is 0.939 bits per heavy atom. The van der Waals surface area contributed by atoms with Gasteiger partial charge in [0.1, 0.15) is 47.0 Å². The second kappa shape index (κ2) is 27.8. The van der Waals surface area contributed by atoms with E-state index < -0.39 is 0 Å². The second-order valence-electron chi connectivity index (χ2n) is 31.2. The van der Waals surface area contributed by atoms with Crippen LogP contribution in [0.5, 0.6) is 0 Å². The van der Waals surface area contributed by atoms with Crippen LogP contribution in [0.1, 0.15) is 72.2 Å². The van der Waals surface area contributed by atoms with Gasteiger partial charge in [0.25, 0.3) is 0 Å². The van der Waals surface area contributed by atoms with Crippen molar-refractivity contribution in [2.24, 2.45) is 0 Å². The average molecular weight is 1490 g/mol. The van der Waals surface area contributed by atoms with Gasteiger partial charge < -0.3 is 56.9 Å². The van der Waals surface area contributed by atoms with Gasteiger partial charge in [-0.1, -0.05) is 182 Å². The quantitative estimate of drug-likeness (QED) is 0.158. The van der Waals surface area contributed by atoms with Gasteiger partial charge in [-0.25, -0.2) is 4.98 Å². The molecule has 0 unspecified atom stereocenters. The highest BCUT2D eigenvalue weighted by atomic mass is 16.3. The van der Waals surface area contributed by atoms with E-state index in [1.54, 1.807) is 0 Å². The summed E-state index contributed by atoms with van der Waals surface area (Å²) in [6.45, 7) is 26.4. The van der Waals surface area contributed by atoms with Crippen LogP contribution in [0, 0.1) is 55.4 Å². The van der Waals surface area contributed by atoms with Crippen molar-refractivity contribution in [1.82, 2.24) is 4.98 Å². The fraction of sp³-hybridized carbons (Fsp3) is 0.178. The Bertz CT molecular complexity index is 6620. The van der Waals surface area contributed by atoms with Crippen molar-refractivity contribution in [3.63, 3.8) is 0 Å². The molecule has 5 aromatic heterocycles. The molecule has 0 bridgehead atoms. The van der Waals surface area contributed by atoms with Crippen molar-refractivity contribution in [1.29, 1.82) is 0 Å². The van der Waals surface area contributed by atoms with E-state index in [-0.39, 0.29) is 24.7 Å². The first-order valence-corrected chi connectivity index (χ1v) is 39.6. The first-order valence-electron chi connectivity index (χ1n) is 39.6. The molecule has 18 aromatic rings. The zero-order chi connectivity index (χ0) is 78.2. The van der Waals surface area contributed by atoms with Crippen LogP contribution in [0.25, 0.3) is 87.8 Å². The number of fused-ring (bicyclic) bond motifs is 16. The Hall–Kier alpha value is -13.4. The van der Waals surface area contributed by atoms with E-state index >= 15 is 0 Å². The largest absolute Gasteiger partial charge is 0.454 e. The van der Waals surface area contributed by atoms with Gasteiger partial charge in [-0.2, -0.15) is 0 Å². The third-order valence-electron chi connectivity index (χ3n) is 24.1. The van der Waals surface area contributed by atoms with Crippen LogP contribution in [0.15, 0.2) is 291 Å². The minimum atomic E-state index is 0.102. The molecule has 9 heterocycles. The van der Waals surface area contributed by atoms with Gasteiger partial charge in [0.2, 0.25) is 0 Å². The maximum Gasteiger partial charge on any atom is 0.159 e. The molecular weight excluding hydrogens is 1400 g/mol. The van der Waals surface area contributed by atoms with Gasteiger partial charge in [0, 0.05) is 74.8 Å². The fourth-order valence-corrected chi connectivity index (χ4v) is 18.6. The van der Waals surface area contributed by atoms with Crippen LogP contribution in [0.3, 0.4) is 0 Å². The van der Waals surface area contributed by atoms with Crippen molar-refractivity contribution in [3.05, 3.63) is 318 Å². The normalized spacial score (nSPS) is 16.2. The summed E-state index contributed by atoms with van der Waals surface area (Å²) in [7, 11) is 4.26. The van der Waals surface area contributed by atoms with Crippen LogP contribution < -0.4 is 39.2 Å². The number of rotatable bonds is 6. The topological polar surface area (TPSA) is 91.4 Å². The van der Waals surface area contributed by atoms with Crippen LogP contribution in [0.2, 0.25) is 0 Å². The predicted molar refractivity (Wildman–Crippen MR) is 477 cm³/mol. The minimum absolute atomic E-state index is 0.102. The van der Waals surface area contributed by atoms with Crippen molar-refractivity contribution >= 4 is 168 Å². The Balaban J connectivity index is 0.000000103. The molecule has 0 saturated carbocycles. The first kappa shape index (κ1) is 71.0. The number of anilines is 14. The molecule has 114 heavy (non-hydrogen) atoms. The number of aryl methyl sites for hydroxylation is 8. The van der Waals surface area contributed by atoms with Crippen molar-refractivity contribution in [2.75, 3.05) is 53.3 Å². The molecule has 0 N–H and O–H groups in total. The smallest absolute Gasteiger partial charge is 0.159 e. The number of para-hydroxylation sites is 11. The molecular formula is C101H91N9O4. The number of pyridine rings is 1. The van der Waals surface area contributed by atoms with E-state index in [1.807, 2.05) is 48.7 Å². The van der Waals surface area contributed by atoms with Crippen molar-refractivity contribution in [3.8, 4) is 0 Å². The molecule has 4 aliphatic heterocycles. The number of hydrogen-bond acceptors (Lipinski definition) is 13. The number of furan rings is 4. The Morgan fingerprint density at radius 1 is 0.246 bits per heavy atom. The third kappa shape index (κ3) is 11.3. The lowest BCUT2D eigenvalue weighted by Crippen LogP contribution is -2.36. The highest BCUT2D eigenvalue weighted by molar-refractivity contribution is 6.15. The van der Waals surface area contributed by atoms with Gasteiger partial charge in [0.05, 0.1) is 62.6 Å². The molecule has 13 aromatic carbocycles. The Morgan fingerprint density at radius 2 is 0.535 bits per heavy atom. The molecule has 0 aliphatic carbocycles. The maximum absolute atomic E-state index is 6.47. The maximum atomic E-state index is 6.47. The summed E-state index contributed by atoms with van der Waals surface area (Å²) in [6.07, 6.45) is 2.46. The van der Waals surface area contributed by atoms with Crippen molar-refractivity contribution in [2.45, 2.75) is 108 Å². The molecule has 13 heteroatoms. The van der Waals surface area contributed by atoms with Gasteiger partial charge >= 0.3 is 0 Å². The molecule has 0 saturated heterocycles. The molecule has 13 nitrogen and oxygen atoms in total. The van der Waals surface area contributed by atoms with Crippen LogP contribution >= 0.6 is 0 Å². The van der Waals surface area contributed by atoms with E-state index in [1.165, 1.54) is 101 Å². The summed E-state index contributed by atoms with van der Waals surface area (Å²) in [5.74, 6) is 0.980. The molecule has 564 valence electrons. The number of nitrogens with zero attached hydrogens (tertiary/aromatic N) is 9. The Kier molecular flexibility index (Phi) is 17.3. The third-order valence-corrected chi connectivity index (χ3v) is 24.1. The van der Waals surface area contributed by atoms with Crippen LogP contribution in [0.4, 0.5) is 79.8 Å². The van der Waals surface area contributed by atoms with Gasteiger partial charge in [-0.3, -0.25) is 0 Å². The molecule has 4 atom stereocenters. The monoisotopic (exact) mass is 1490 g/mol. The van der Waals surface area contributed by atoms with E-state index in [9.17, 15) is 0 Å². The predicted octanol–water partition coefficient (Wildman–Crippen LogP) is 27.3. The molecule has 0 amide bonds. The molecule has 0 radical (unpaired) electrons. The van der Waals surface area contributed by atoms with Gasteiger partial charge in [-0.05, 0) is 213 Å². The van der Waals surface area contributed by atoms with Gasteiger partial charge in [0.15, 0.2) is 28.1 Å². The van der Waals surface area contributed by atoms with E-state index in [2.05, 4.69) is 366 Å². The number of aromatic nitrogens is 1. The van der Waals surface area contributed by atoms with Crippen molar-refractivity contribution < 1.29 is 17.7 Å². The lowest BCUT2D eigenvalue weighted by molar-refractivity contribution is 0.660. The van der Waals surface area contributed by atoms with Gasteiger partial charge in [-0.15, -0.1) is 0 Å². The molecule has 22 rings (SSSR count). The van der Waals surface area contributed by atoms with E-state index in [0.717, 1.165) is 111 Å². The molecule has 0 fully saturated rings. The SMILES string of the molecule is Cc1cc(C)cc(N2c3ccccc3N(c3c(C)ccc4c3oc3ccccc34)[C@@H]2C)c1.Cc1ccc2c(oc3ccccc32)c1N1c2ccccc2N(C)[C@H]1C.Cc1ccc2c(oc3ccccc32)c1N1c2ncccc2N(C)[C@H]1C.Cc1cccc(C)c1N1c2ccccc2N(c2c(C)ccc3c2oc2ccccc23)[C@@H]1C. The summed E-state index contributed by atoms with van der Waals surface area (Å²) < 4.78 is 25.5. The number of benzene rings is 13. The zero-order valence-corrected chi connectivity index (χ0v) is 66.9. The summed E-state index contributed by atoms with van der Waals surface area (Å²) >= 11 is 0. The lowest BCUT2D eigenvalue weighted by Gasteiger charge is -2.32. The molecule has 4 aliphatic rings. The van der Waals surface area contributed by atoms with E-state index in [0.29, 0.717) is 0 Å². The fourth-order valence-electron chi connectivity index (χ4n) is 18.6. The standard InChI is InChI=1S/2C29H26N2O.C22H20N2O.C21H19N3O/c1-18-10-9-11-19(2)27(18)30-21(4)31(25-14-7-6-13-24(25)30)28-20(3)16-17-23-22-12-5-8-15-26(22)32-29(23)28;1-18-15-19(2)17-22(16-18)30-21(4)31(26-11-7-6-10-25(26)30)28-20(3)13-14-24-23-9-5-8-12-27(23)32-29(24)28;1-14-12-13-17-16-8-4-7-11-20(16)25-22(17)21(14)24-15(2)23(3)18-9-5-6-10-19(18)24;1-13-10-11-16-15-7-4-5-9-18(15)25-20(16)19(13)24-14(2)23(3)17-8-6-12-22-21(17)24/h2*5-17,21H,1-4H3;4-13,15H,1-3H3;4-12,14H,1-3H3/t2*21-;15-;14-/m1111/s1. The highest BCUT2D eigenvalue weighted by Gasteiger charge is 2.41. The van der Waals surface area contributed by atoms with Crippen LogP contribution in [-0.4, -0.2) is 43.7 Å². The summed E-state index contributed by atoms with van der Waals surface area (Å²) in [5, 5.41) is 9.30. The highest BCUT2D eigenvalue weighted by Crippen LogP contribution is 2.56. The minimum Gasteiger partial charge on any atom is -0.454 e.